The highest BCUT2D eigenvalue weighted by molar-refractivity contribution is 5.85. The molecule has 1 spiro atoms. The van der Waals surface area contributed by atoms with Crippen molar-refractivity contribution >= 4 is 12.4 Å². The topological polar surface area (TPSA) is 41.9 Å². The van der Waals surface area contributed by atoms with Crippen LogP contribution in [0.3, 0.4) is 0 Å². The summed E-state index contributed by atoms with van der Waals surface area (Å²) in [6, 6.07) is 4.83. The molecule has 126 valence electrons. The second-order valence-electron chi connectivity index (χ2n) is 7.46. The van der Waals surface area contributed by atoms with Crippen molar-refractivity contribution in [1.29, 1.82) is 0 Å². The van der Waals surface area contributed by atoms with E-state index in [1.54, 1.807) is 7.11 Å². The van der Waals surface area contributed by atoms with Crippen molar-refractivity contribution in [3.05, 3.63) is 23.3 Å². The number of ether oxygens (including phenoxy) is 2. The molecular formula is C18H24ClNO3. The van der Waals surface area contributed by atoms with Gasteiger partial charge in [0.1, 0.15) is 6.10 Å². The maximum atomic E-state index is 10.6. The number of likely N-dealkylation sites (N-methyl/N-ethyl adjacent to an activating group) is 1. The number of hydrogen-bond donors (Lipinski definition) is 1. The lowest BCUT2D eigenvalue weighted by molar-refractivity contribution is -0.0993. The van der Waals surface area contributed by atoms with Crippen LogP contribution in [0.25, 0.3) is 0 Å². The van der Waals surface area contributed by atoms with Crippen LogP contribution in [0.1, 0.15) is 30.4 Å². The van der Waals surface area contributed by atoms with Gasteiger partial charge >= 0.3 is 0 Å². The van der Waals surface area contributed by atoms with E-state index in [0.29, 0.717) is 12.0 Å². The molecule has 23 heavy (non-hydrogen) atoms. The zero-order valence-electron chi connectivity index (χ0n) is 13.6. The number of hydrogen-bond acceptors (Lipinski definition) is 4. The number of piperidine rings is 1. The summed E-state index contributed by atoms with van der Waals surface area (Å²) in [5.74, 6) is 2.34. The van der Waals surface area contributed by atoms with Gasteiger partial charge in [0.05, 0.1) is 13.2 Å². The Kier molecular flexibility index (Phi) is 3.39. The number of benzene rings is 1. The van der Waals surface area contributed by atoms with Gasteiger partial charge in [0.15, 0.2) is 11.5 Å². The monoisotopic (exact) mass is 337 g/mol. The molecule has 0 aromatic heterocycles. The van der Waals surface area contributed by atoms with Gasteiger partial charge < -0.3 is 19.5 Å². The number of likely N-dealkylation sites (tertiary alicyclic amines) is 1. The van der Waals surface area contributed by atoms with Crippen LogP contribution in [0.15, 0.2) is 12.1 Å². The largest absolute Gasteiger partial charge is 0.493 e. The minimum atomic E-state index is -0.358. The van der Waals surface area contributed by atoms with Crippen molar-refractivity contribution in [2.24, 2.45) is 5.92 Å². The highest BCUT2D eigenvalue weighted by atomic mass is 35.5. The molecule has 5 heteroatoms. The first kappa shape index (κ1) is 15.6. The fourth-order valence-corrected chi connectivity index (χ4v) is 5.86. The molecule has 2 fully saturated rings. The Morgan fingerprint density at radius 1 is 1.35 bits per heavy atom. The van der Waals surface area contributed by atoms with Crippen molar-refractivity contribution in [1.82, 2.24) is 4.90 Å². The lowest BCUT2D eigenvalue weighted by atomic mass is 9.51. The Hall–Kier alpha value is -0.970. The average molecular weight is 338 g/mol. The van der Waals surface area contributed by atoms with E-state index in [1.165, 1.54) is 11.1 Å². The molecule has 2 aliphatic heterocycles. The SMILES string of the molecule is COc1ccc2c3c1O[C@@H]1[C@@H](O)CC[C@H]4[C@@H](C2)N(C)CC[C@]314.Cl. The third kappa shape index (κ3) is 1.70. The van der Waals surface area contributed by atoms with E-state index < -0.39 is 0 Å². The van der Waals surface area contributed by atoms with E-state index in [-0.39, 0.29) is 30.0 Å². The maximum absolute atomic E-state index is 10.6. The number of rotatable bonds is 1. The third-order valence-electron chi connectivity index (χ3n) is 6.77. The number of halogens is 1. The van der Waals surface area contributed by atoms with Gasteiger partial charge in [0.25, 0.3) is 0 Å². The minimum Gasteiger partial charge on any atom is -0.493 e. The molecular weight excluding hydrogens is 314 g/mol. The Balaban J connectivity index is 0.00000135. The van der Waals surface area contributed by atoms with Crippen LogP contribution in [0.5, 0.6) is 11.5 Å². The second kappa shape index (κ2) is 5.01. The highest BCUT2D eigenvalue weighted by Crippen LogP contribution is 2.63. The average Bonchev–Trinajstić information content (AvgIpc) is 2.88. The Bertz CT molecular complexity index is 651. The summed E-state index contributed by atoms with van der Waals surface area (Å²) in [5, 5.41) is 10.6. The summed E-state index contributed by atoms with van der Waals surface area (Å²) in [6.45, 7) is 1.09. The fourth-order valence-electron chi connectivity index (χ4n) is 5.86. The van der Waals surface area contributed by atoms with Crippen LogP contribution in [-0.4, -0.2) is 49.0 Å². The van der Waals surface area contributed by atoms with Crippen molar-refractivity contribution in [3.63, 3.8) is 0 Å². The number of methoxy groups -OCH3 is 1. The number of nitrogens with zero attached hydrogens (tertiary/aromatic N) is 1. The Morgan fingerprint density at radius 3 is 2.96 bits per heavy atom. The zero-order chi connectivity index (χ0) is 15.1. The number of aliphatic hydroxyl groups is 1. The van der Waals surface area contributed by atoms with E-state index in [9.17, 15) is 5.11 Å². The van der Waals surface area contributed by atoms with Crippen molar-refractivity contribution in [3.8, 4) is 11.5 Å². The van der Waals surface area contributed by atoms with Gasteiger partial charge in [-0.1, -0.05) is 6.07 Å². The highest BCUT2D eigenvalue weighted by Gasteiger charge is 2.65. The molecule has 2 heterocycles. The standard InChI is InChI=1S/C18H23NO3.ClH/c1-19-8-7-18-11-4-5-13(20)17(18)22-16-14(21-2)6-3-10(15(16)18)9-12(11)19;/h3,6,11-13,17,20H,4-5,7-9H2,1-2H3;1H/t11-,12+,13-,17+,18-;/m0./s1. The molecule has 0 unspecified atom stereocenters. The predicted molar refractivity (Wildman–Crippen MR) is 89.8 cm³/mol. The van der Waals surface area contributed by atoms with E-state index in [1.807, 2.05) is 6.07 Å². The van der Waals surface area contributed by atoms with Gasteiger partial charge in [-0.25, -0.2) is 0 Å². The van der Waals surface area contributed by atoms with Gasteiger partial charge in [-0.05, 0) is 56.8 Å². The zero-order valence-corrected chi connectivity index (χ0v) is 14.4. The quantitative estimate of drug-likeness (QED) is 0.852. The third-order valence-corrected chi connectivity index (χ3v) is 6.77. The maximum Gasteiger partial charge on any atom is 0.165 e. The predicted octanol–water partition coefficient (Wildman–Crippen LogP) is 2.15. The van der Waals surface area contributed by atoms with Crippen LogP contribution in [0, 0.1) is 5.92 Å². The molecule has 0 radical (unpaired) electrons. The molecule has 5 rings (SSSR count). The van der Waals surface area contributed by atoms with E-state index in [0.717, 1.165) is 43.7 Å². The van der Waals surface area contributed by atoms with E-state index >= 15 is 0 Å². The number of aliphatic hydroxyl groups excluding tert-OH is 1. The summed E-state index contributed by atoms with van der Waals surface area (Å²) < 4.78 is 11.9. The molecule has 2 aliphatic carbocycles. The Morgan fingerprint density at radius 2 is 2.17 bits per heavy atom. The van der Waals surface area contributed by atoms with Crippen LogP contribution in [0.2, 0.25) is 0 Å². The first-order valence-electron chi connectivity index (χ1n) is 8.42. The molecule has 4 nitrogen and oxygen atoms in total. The van der Waals surface area contributed by atoms with Crippen LogP contribution in [-0.2, 0) is 11.8 Å². The van der Waals surface area contributed by atoms with Gasteiger partial charge in [0, 0.05) is 17.0 Å². The van der Waals surface area contributed by atoms with Crippen molar-refractivity contribution in [2.45, 2.75) is 49.3 Å². The summed E-state index contributed by atoms with van der Waals surface area (Å²) >= 11 is 0. The molecule has 0 amide bonds. The van der Waals surface area contributed by atoms with Gasteiger partial charge in [-0.2, -0.15) is 0 Å². The van der Waals surface area contributed by atoms with Crippen molar-refractivity contribution < 1.29 is 14.6 Å². The molecule has 1 saturated carbocycles. The van der Waals surface area contributed by atoms with Crippen LogP contribution in [0.4, 0.5) is 0 Å². The molecule has 1 aromatic carbocycles. The molecule has 1 aromatic rings. The molecule has 1 saturated heterocycles. The van der Waals surface area contributed by atoms with Gasteiger partial charge in [-0.15, -0.1) is 12.4 Å². The summed E-state index contributed by atoms with van der Waals surface area (Å²) in [7, 11) is 3.96. The molecule has 1 N–H and O–H groups in total. The van der Waals surface area contributed by atoms with Crippen LogP contribution < -0.4 is 9.47 Å². The Labute approximate surface area is 143 Å². The summed E-state index contributed by atoms with van der Waals surface area (Å²) in [5.41, 5.74) is 2.77. The van der Waals surface area contributed by atoms with Gasteiger partial charge in [-0.3, -0.25) is 0 Å². The van der Waals surface area contributed by atoms with Gasteiger partial charge in [0.2, 0.25) is 0 Å². The molecule has 4 aliphatic rings. The van der Waals surface area contributed by atoms with E-state index in [2.05, 4.69) is 18.0 Å². The van der Waals surface area contributed by atoms with Crippen LogP contribution >= 0.6 is 12.4 Å². The summed E-state index contributed by atoms with van der Waals surface area (Å²) in [4.78, 5) is 2.52. The van der Waals surface area contributed by atoms with Crippen molar-refractivity contribution in [2.75, 3.05) is 20.7 Å². The fraction of sp³-hybridized carbons (Fsp3) is 0.667. The summed E-state index contributed by atoms with van der Waals surface area (Å²) in [6.07, 6.45) is 3.69. The first-order chi connectivity index (χ1) is 10.7. The molecule has 2 bridgehead atoms. The smallest absolute Gasteiger partial charge is 0.165 e. The minimum absolute atomic E-state index is 0. The van der Waals surface area contributed by atoms with E-state index in [4.69, 9.17) is 9.47 Å². The lowest BCUT2D eigenvalue weighted by Gasteiger charge is -2.58. The second-order valence-corrected chi connectivity index (χ2v) is 7.46. The normalized spacial score (nSPS) is 40.0. The lowest BCUT2D eigenvalue weighted by Crippen LogP contribution is -2.66. The first-order valence-corrected chi connectivity index (χ1v) is 8.42. The molecule has 5 atom stereocenters.